The smallest absolute Gasteiger partial charge is 0.311 e. The molecule has 1 heterocycles. The van der Waals surface area contributed by atoms with Crippen molar-refractivity contribution in [1.29, 1.82) is 0 Å². The molecular formula is C22H30O4. The van der Waals surface area contributed by atoms with Gasteiger partial charge in [0, 0.05) is 5.56 Å². The summed E-state index contributed by atoms with van der Waals surface area (Å²) in [5, 5.41) is 0. The number of allylic oxidation sites excluding steroid dienone is 1. The van der Waals surface area contributed by atoms with Crippen LogP contribution in [0.2, 0.25) is 0 Å². The Bertz CT molecular complexity index is 703. The Labute approximate surface area is 156 Å². The van der Waals surface area contributed by atoms with Crippen molar-refractivity contribution in [3.05, 3.63) is 35.8 Å². The van der Waals surface area contributed by atoms with Gasteiger partial charge in [0.15, 0.2) is 12.0 Å². The van der Waals surface area contributed by atoms with Crippen molar-refractivity contribution in [1.82, 2.24) is 0 Å². The number of methoxy groups -OCH3 is 1. The molecule has 2 aliphatic rings. The summed E-state index contributed by atoms with van der Waals surface area (Å²) in [6.07, 6.45) is 9.10. The third-order valence-corrected chi connectivity index (χ3v) is 7.26. The molecule has 2 saturated carbocycles. The topological polar surface area (TPSA) is 56.5 Å². The Kier molecular flexibility index (Phi) is 5.14. The van der Waals surface area contributed by atoms with E-state index in [4.69, 9.17) is 9.15 Å². The number of hydrogen-bond donors (Lipinski definition) is 0. The molecule has 0 unspecified atom stereocenters. The van der Waals surface area contributed by atoms with Crippen LogP contribution in [-0.2, 0) is 16.0 Å². The van der Waals surface area contributed by atoms with Crippen LogP contribution in [0.3, 0.4) is 0 Å². The molecule has 0 aliphatic heterocycles. The lowest BCUT2D eigenvalue weighted by atomic mass is 9.46. The SMILES string of the molecule is C=C1CC[C@@H]2[C@](C)(CCC[C@@]2(C)C(=O)OC)[C@H]1CCc1ccoc1C=O. The monoisotopic (exact) mass is 358 g/mol. The maximum absolute atomic E-state index is 12.6. The number of furan rings is 1. The van der Waals surface area contributed by atoms with Crippen LogP contribution in [0.25, 0.3) is 0 Å². The zero-order valence-electron chi connectivity index (χ0n) is 16.2. The summed E-state index contributed by atoms with van der Waals surface area (Å²) in [5.41, 5.74) is 1.88. The van der Waals surface area contributed by atoms with Crippen LogP contribution in [0.15, 0.2) is 28.9 Å². The normalized spacial score (nSPS) is 34.2. The maximum atomic E-state index is 12.6. The highest BCUT2D eigenvalue weighted by Gasteiger charge is 2.57. The summed E-state index contributed by atoms with van der Waals surface area (Å²) in [6, 6.07) is 1.88. The number of rotatable bonds is 5. The lowest BCUT2D eigenvalue weighted by Crippen LogP contribution is -2.53. The molecule has 0 N–H and O–H groups in total. The van der Waals surface area contributed by atoms with Crippen LogP contribution < -0.4 is 0 Å². The Balaban J connectivity index is 1.86. The summed E-state index contributed by atoms with van der Waals surface area (Å²) >= 11 is 0. The molecule has 0 radical (unpaired) electrons. The van der Waals surface area contributed by atoms with Crippen molar-refractivity contribution in [2.75, 3.05) is 7.11 Å². The molecule has 4 heteroatoms. The van der Waals surface area contributed by atoms with Gasteiger partial charge in [-0.1, -0.05) is 25.5 Å². The largest absolute Gasteiger partial charge is 0.469 e. The fourth-order valence-corrected chi connectivity index (χ4v) is 5.92. The van der Waals surface area contributed by atoms with E-state index in [0.29, 0.717) is 17.6 Å². The Morgan fingerprint density at radius 3 is 2.88 bits per heavy atom. The van der Waals surface area contributed by atoms with Gasteiger partial charge in [0.05, 0.1) is 18.8 Å². The summed E-state index contributed by atoms with van der Waals surface area (Å²) in [4.78, 5) is 23.7. The maximum Gasteiger partial charge on any atom is 0.311 e. The predicted molar refractivity (Wildman–Crippen MR) is 99.9 cm³/mol. The second-order valence-corrected chi connectivity index (χ2v) is 8.54. The number of esters is 1. The fourth-order valence-electron chi connectivity index (χ4n) is 5.92. The van der Waals surface area contributed by atoms with Gasteiger partial charge in [-0.05, 0) is 68.8 Å². The first kappa shape index (κ1) is 18.9. The predicted octanol–water partition coefficient (Wildman–Crippen LogP) is 4.98. The van der Waals surface area contributed by atoms with E-state index in [0.717, 1.165) is 56.8 Å². The van der Waals surface area contributed by atoms with Gasteiger partial charge in [-0.3, -0.25) is 9.59 Å². The van der Waals surface area contributed by atoms with Crippen molar-refractivity contribution >= 4 is 12.3 Å². The van der Waals surface area contributed by atoms with Crippen molar-refractivity contribution in [3.63, 3.8) is 0 Å². The van der Waals surface area contributed by atoms with E-state index < -0.39 is 5.41 Å². The number of aldehydes is 1. The second-order valence-electron chi connectivity index (χ2n) is 8.54. The minimum absolute atomic E-state index is 0.0433. The highest BCUT2D eigenvalue weighted by Crippen LogP contribution is 2.62. The van der Waals surface area contributed by atoms with Crippen LogP contribution in [0.1, 0.15) is 68.5 Å². The molecule has 3 rings (SSSR count). The van der Waals surface area contributed by atoms with E-state index in [2.05, 4.69) is 20.4 Å². The zero-order valence-corrected chi connectivity index (χ0v) is 16.2. The summed E-state index contributed by atoms with van der Waals surface area (Å²) < 4.78 is 10.4. The van der Waals surface area contributed by atoms with E-state index in [9.17, 15) is 9.59 Å². The molecule has 142 valence electrons. The first-order chi connectivity index (χ1) is 12.4. The number of fused-ring (bicyclic) bond motifs is 1. The van der Waals surface area contributed by atoms with Gasteiger partial charge < -0.3 is 9.15 Å². The fraction of sp³-hybridized carbons (Fsp3) is 0.636. The molecule has 2 aliphatic carbocycles. The Morgan fingerprint density at radius 2 is 2.19 bits per heavy atom. The molecule has 0 saturated heterocycles. The third kappa shape index (κ3) is 2.93. The van der Waals surface area contributed by atoms with Crippen LogP contribution >= 0.6 is 0 Å². The number of carbonyl (C=O) groups is 2. The van der Waals surface area contributed by atoms with Gasteiger partial charge in [0.1, 0.15) is 0 Å². The molecule has 0 bridgehead atoms. The Morgan fingerprint density at radius 1 is 1.42 bits per heavy atom. The molecular weight excluding hydrogens is 328 g/mol. The summed E-state index contributed by atoms with van der Waals surface area (Å²) in [7, 11) is 1.50. The molecule has 4 atom stereocenters. The van der Waals surface area contributed by atoms with Crippen molar-refractivity contribution in [2.24, 2.45) is 22.7 Å². The average molecular weight is 358 g/mol. The van der Waals surface area contributed by atoms with Gasteiger partial charge in [-0.15, -0.1) is 0 Å². The zero-order chi connectivity index (χ0) is 18.9. The second kappa shape index (κ2) is 7.05. The molecule has 2 fully saturated rings. The van der Waals surface area contributed by atoms with Gasteiger partial charge in [0.2, 0.25) is 0 Å². The van der Waals surface area contributed by atoms with E-state index in [1.54, 1.807) is 6.26 Å². The third-order valence-electron chi connectivity index (χ3n) is 7.26. The first-order valence-corrected chi connectivity index (χ1v) is 9.64. The van der Waals surface area contributed by atoms with Crippen molar-refractivity contribution < 1.29 is 18.7 Å². The van der Waals surface area contributed by atoms with Gasteiger partial charge >= 0.3 is 5.97 Å². The molecule has 0 spiro atoms. The number of ether oxygens (including phenoxy) is 1. The molecule has 4 nitrogen and oxygen atoms in total. The number of carbonyl (C=O) groups excluding carboxylic acids is 2. The van der Waals surface area contributed by atoms with Crippen LogP contribution in [0.5, 0.6) is 0 Å². The van der Waals surface area contributed by atoms with Gasteiger partial charge in [-0.2, -0.15) is 0 Å². The van der Waals surface area contributed by atoms with Gasteiger partial charge in [-0.25, -0.2) is 0 Å². The van der Waals surface area contributed by atoms with E-state index in [-0.39, 0.29) is 11.4 Å². The van der Waals surface area contributed by atoms with Gasteiger partial charge in [0.25, 0.3) is 0 Å². The lowest BCUT2D eigenvalue weighted by molar-refractivity contribution is -0.168. The molecule has 0 aromatic carbocycles. The highest BCUT2D eigenvalue weighted by atomic mass is 16.5. The highest BCUT2D eigenvalue weighted by molar-refractivity contribution is 5.77. The van der Waals surface area contributed by atoms with Crippen LogP contribution in [0.4, 0.5) is 0 Å². The van der Waals surface area contributed by atoms with Crippen molar-refractivity contribution in [3.8, 4) is 0 Å². The van der Waals surface area contributed by atoms with E-state index >= 15 is 0 Å². The van der Waals surface area contributed by atoms with Crippen molar-refractivity contribution in [2.45, 2.75) is 58.8 Å². The number of hydrogen-bond acceptors (Lipinski definition) is 4. The standard InChI is InChI=1S/C22H30O4/c1-15-6-9-19-21(2,11-5-12-22(19,3)20(24)25-4)17(15)8-7-16-10-13-26-18(16)14-23/h10,13-14,17,19H,1,5-9,11-12H2,2-4H3/t17-,19+,21+,22+/m0/s1. The summed E-state index contributed by atoms with van der Waals surface area (Å²) in [6.45, 7) is 8.80. The molecule has 1 aromatic rings. The van der Waals surface area contributed by atoms with E-state index in [1.807, 2.05) is 6.07 Å². The Hall–Kier alpha value is -1.84. The molecule has 26 heavy (non-hydrogen) atoms. The number of aryl methyl sites for hydroxylation is 1. The summed E-state index contributed by atoms with van der Waals surface area (Å²) in [5.74, 6) is 1.01. The van der Waals surface area contributed by atoms with E-state index in [1.165, 1.54) is 12.7 Å². The molecule has 1 aromatic heterocycles. The first-order valence-electron chi connectivity index (χ1n) is 9.64. The van der Waals surface area contributed by atoms with Crippen LogP contribution in [-0.4, -0.2) is 19.4 Å². The average Bonchev–Trinajstić information content (AvgIpc) is 3.07. The quantitative estimate of drug-likeness (QED) is 0.423. The lowest BCUT2D eigenvalue weighted by Gasteiger charge is -2.57. The van der Waals surface area contributed by atoms with Crippen LogP contribution in [0, 0.1) is 22.7 Å². The molecule has 0 amide bonds. The minimum Gasteiger partial charge on any atom is -0.469 e. The minimum atomic E-state index is -0.412.